The van der Waals surface area contributed by atoms with Crippen molar-refractivity contribution in [1.82, 2.24) is 9.88 Å². The number of nitrogens with zero attached hydrogens (tertiary/aromatic N) is 2. The number of amides is 1. The number of carbonyl (C=O) groups is 1. The van der Waals surface area contributed by atoms with Gasteiger partial charge in [-0.1, -0.05) is 6.07 Å². The molecule has 1 rings (SSSR count). The molecule has 0 spiro atoms. The largest absolute Gasteiger partial charge is 0.370 e. The summed E-state index contributed by atoms with van der Waals surface area (Å²) >= 11 is 1.74. The molecule has 0 saturated heterocycles. The van der Waals surface area contributed by atoms with Crippen LogP contribution in [0.5, 0.6) is 0 Å². The molecule has 4 nitrogen and oxygen atoms in total. The van der Waals surface area contributed by atoms with Crippen LogP contribution < -0.4 is 5.32 Å². The normalized spacial score (nSPS) is 12.0. The zero-order chi connectivity index (χ0) is 13.5. The number of rotatable bonds is 6. The number of hydrogen-bond donors (Lipinski definition) is 1. The molecule has 0 aliphatic carbocycles. The molecule has 1 unspecified atom stereocenters. The summed E-state index contributed by atoms with van der Waals surface area (Å²) in [4.78, 5) is 18.3. The summed E-state index contributed by atoms with van der Waals surface area (Å²) in [6, 6.07) is 5.68. The maximum absolute atomic E-state index is 12.2. The molecule has 1 amide bonds. The predicted molar refractivity (Wildman–Crippen MR) is 78.3 cm³/mol. The third-order valence-electron chi connectivity index (χ3n) is 2.72. The van der Waals surface area contributed by atoms with Crippen molar-refractivity contribution in [2.75, 3.05) is 30.9 Å². The second kappa shape index (κ2) is 7.26. The lowest BCUT2D eigenvalue weighted by atomic mass is 10.2. The van der Waals surface area contributed by atoms with E-state index < -0.39 is 0 Å². The van der Waals surface area contributed by atoms with Crippen molar-refractivity contribution in [3.8, 4) is 0 Å². The molecule has 0 aliphatic heterocycles. The van der Waals surface area contributed by atoms with Crippen LogP contribution in [0.15, 0.2) is 18.2 Å². The first-order valence-corrected chi connectivity index (χ1v) is 7.46. The molecular formula is C13H21N3OS. The molecule has 1 atom stereocenters. The van der Waals surface area contributed by atoms with Crippen LogP contribution in [0, 0.1) is 0 Å². The lowest BCUT2D eigenvalue weighted by Crippen LogP contribution is -2.37. The van der Waals surface area contributed by atoms with Crippen molar-refractivity contribution < 1.29 is 4.79 Å². The minimum atomic E-state index is -0.0312. The Bertz CT molecular complexity index is 398. The summed E-state index contributed by atoms with van der Waals surface area (Å²) < 4.78 is 0. The SMILES string of the molecule is CCNc1cccc(C(=O)N(C)C(C)CSC)n1. The molecule has 0 aliphatic rings. The molecular weight excluding hydrogens is 246 g/mol. The number of aromatic nitrogens is 1. The van der Waals surface area contributed by atoms with Gasteiger partial charge in [0.05, 0.1) is 0 Å². The van der Waals surface area contributed by atoms with Crippen LogP contribution in [0.2, 0.25) is 0 Å². The monoisotopic (exact) mass is 267 g/mol. The molecule has 1 aromatic rings. The number of carbonyl (C=O) groups excluding carboxylic acids is 1. The van der Waals surface area contributed by atoms with Gasteiger partial charge in [0.25, 0.3) is 5.91 Å². The van der Waals surface area contributed by atoms with Crippen LogP contribution >= 0.6 is 11.8 Å². The van der Waals surface area contributed by atoms with Gasteiger partial charge in [0.15, 0.2) is 0 Å². The van der Waals surface area contributed by atoms with E-state index in [9.17, 15) is 4.79 Å². The summed E-state index contributed by atoms with van der Waals surface area (Å²) in [5, 5.41) is 3.11. The van der Waals surface area contributed by atoms with Gasteiger partial charge in [0.1, 0.15) is 11.5 Å². The Balaban J connectivity index is 2.79. The van der Waals surface area contributed by atoms with Crippen LogP contribution in [0.1, 0.15) is 24.3 Å². The smallest absolute Gasteiger partial charge is 0.272 e. The highest BCUT2D eigenvalue weighted by Crippen LogP contribution is 2.10. The molecule has 100 valence electrons. The number of nitrogens with one attached hydrogen (secondary N) is 1. The second-order valence-corrected chi connectivity index (χ2v) is 5.07. The Morgan fingerprint density at radius 3 is 2.89 bits per heavy atom. The van der Waals surface area contributed by atoms with Crippen molar-refractivity contribution in [2.24, 2.45) is 0 Å². The zero-order valence-corrected chi connectivity index (χ0v) is 12.3. The summed E-state index contributed by atoms with van der Waals surface area (Å²) in [7, 11) is 1.82. The molecule has 0 aromatic carbocycles. The summed E-state index contributed by atoms with van der Waals surface area (Å²) in [5.74, 6) is 1.64. The number of anilines is 1. The highest BCUT2D eigenvalue weighted by Gasteiger charge is 2.18. The molecule has 1 aromatic heterocycles. The van der Waals surface area contributed by atoms with Gasteiger partial charge in [-0.15, -0.1) is 0 Å². The van der Waals surface area contributed by atoms with Crippen molar-refractivity contribution in [1.29, 1.82) is 0 Å². The predicted octanol–water partition coefficient (Wildman–Crippen LogP) is 2.34. The molecule has 0 bridgehead atoms. The first-order valence-electron chi connectivity index (χ1n) is 6.07. The van der Waals surface area contributed by atoms with E-state index in [1.807, 2.05) is 39.3 Å². The van der Waals surface area contributed by atoms with E-state index in [0.717, 1.165) is 18.1 Å². The molecule has 5 heteroatoms. The Morgan fingerprint density at radius 1 is 1.56 bits per heavy atom. The first-order chi connectivity index (χ1) is 8.60. The topological polar surface area (TPSA) is 45.2 Å². The maximum Gasteiger partial charge on any atom is 0.272 e. The lowest BCUT2D eigenvalue weighted by Gasteiger charge is -2.24. The van der Waals surface area contributed by atoms with E-state index in [2.05, 4.69) is 10.3 Å². The Hall–Kier alpha value is -1.23. The van der Waals surface area contributed by atoms with Crippen LogP contribution in [0.25, 0.3) is 0 Å². The molecule has 18 heavy (non-hydrogen) atoms. The minimum Gasteiger partial charge on any atom is -0.370 e. The van der Waals surface area contributed by atoms with Crippen LogP contribution in [-0.4, -0.2) is 47.4 Å². The lowest BCUT2D eigenvalue weighted by molar-refractivity contribution is 0.0752. The maximum atomic E-state index is 12.2. The molecule has 0 saturated carbocycles. The molecule has 0 fully saturated rings. The van der Waals surface area contributed by atoms with Crippen molar-refractivity contribution in [2.45, 2.75) is 19.9 Å². The van der Waals surface area contributed by atoms with Gasteiger partial charge >= 0.3 is 0 Å². The summed E-state index contributed by atoms with van der Waals surface area (Å²) in [5.41, 5.74) is 0.490. The van der Waals surface area contributed by atoms with Gasteiger partial charge in [-0.25, -0.2) is 4.98 Å². The van der Waals surface area contributed by atoms with Crippen LogP contribution in [0.3, 0.4) is 0 Å². The van der Waals surface area contributed by atoms with Gasteiger partial charge in [-0.2, -0.15) is 11.8 Å². The third kappa shape index (κ3) is 3.91. The van der Waals surface area contributed by atoms with Crippen LogP contribution in [0.4, 0.5) is 5.82 Å². The van der Waals surface area contributed by atoms with Gasteiger partial charge in [0, 0.05) is 25.4 Å². The average molecular weight is 267 g/mol. The average Bonchev–Trinajstić information content (AvgIpc) is 2.38. The fourth-order valence-electron chi connectivity index (χ4n) is 1.57. The fourth-order valence-corrected chi connectivity index (χ4v) is 2.27. The quantitative estimate of drug-likeness (QED) is 0.859. The molecule has 1 N–H and O–H groups in total. The zero-order valence-electron chi connectivity index (χ0n) is 11.4. The number of hydrogen-bond acceptors (Lipinski definition) is 4. The standard InChI is InChI=1S/C13H21N3OS/c1-5-14-12-8-6-7-11(15-12)13(17)16(3)10(2)9-18-4/h6-8,10H,5,9H2,1-4H3,(H,14,15). The Morgan fingerprint density at radius 2 is 2.28 bits per heavy atom. The van der Waals surface area contributed by atoms with Gasteiger partial charge in [-0.05, 0) is 32.2 Å². The van der Waals surface area contributed by atoms with E-state index >= 15 is 0 Å². The van der Waals surface area contributed by atoms with Gasteiger partial charge < -0.3 is 10.2 Å². The van der Waals surface area contributed by atoms with Crippen molar-refractivity contribution in [3.05, 3.63) is 23.9 Å². The fraction of sp³-hybridized carbons (Fsp3) is 0.538. The Kier molecular flexibility index (Phi) is 5.98. The first kappa shape index (κ1) is 14.8. The number of thioether (sulfide) groups is 1. The summed E-state index contributed by atoms with van der Waals surface area (Å²) in [6.45, 7) is 4.84. The highest BCUT2D eigenvalue weighted by molar-refractivity contribution is 7.98. The molecule has 0 radical (unpaired) electrons. The highest BCUT2D eigenvalue weighted by atomic mass is 32.2. The van der Waals surface area contributed by atoms with E-state index in [0.29, 0.717) is 5.69 Å². The van der Waals surface area contributed by atoms with Gasteiger partial charge in [0.2, 0.25) is 0 Å². The Labute approximate surface area is 113 Å². The third-order valence-corrected chi connectivity index (χ3v) is 3.53. The molecule has 1 heterocycles. The van der Waals surface area contributed by atoms with Crippen LogP contribution in [-0.2, 0) is 0 Å². The number of pyridine rings is 1. The van der Waals surface area contributed by atoms with E-state index in [-0.39, 0.29) is 11.9 Å². The van der Waals surface area contributed by atoms with E-state index in [1.165, 1.54) is 0 Å². The van der Waals surface area contributed by atoms with E-state index in [1.54, 1.807) is 22.7 Å². The minimum absolute atomic E-state index is 0.0312. The van der Waals surface area contributed by atoms with Crippen molar-refractivity contribution >= 4 is 23.5 Å². The second-order valence-electron chi connectivity index (χ2n) is 4.16. The van der Waals surface area contributed by atoms with Crippen molar-refractivity contribution in [3.63, 3.8) is 0 Å². The van der Waals surface area contributed by atoms with Gasteiger partial charge in [-0.3, -0.25) is 4.79 Å². The summed E-state index contributed by atoms with van der Waals surface area (Å²) in [6.07, 6.45) is 2.04. The van der Waals surface area contributed by atoms with E-state index in [4.69, 9.17) is 0 Å².